The minimum absolute atomic E-state index is 0.120. The highest BCUT2D eigenvalue weighted by molar-refractivity contribution is 5.80. The van der Waals surface area contributed by atoms with Gasteiger partial charge in [0.2, 0.25) is 5.91 Å². The number of ether oxygens (including phenoxy) is 1. The minimum atomic E-state index is -0.279. The number of guanidine groups is 1. The van der Waals surface area contributed by atoms with Gasteiger partial charge < -0.3 is 20.3 Å². The Morgan fingerprint density at radius 1 is 1.10 bits per heavy atom. The summed E-state index contributed by atoms with van der Waals surface area (Å²) >= 11 is 0. The summed E-state index contributed by atoms with van der Waals surface area (Å²) in [7, 11) is 3.50. The second-order valence-electron chi connectivity index (χ2n) is 7.73. The SMILES string of the molecule is CN=C(NCCc1ccc(Oc2ccc(F)cc2)cc1)N1CCC(CC(=O)NC)CC1. The van der Waals surface area contributed by atoms with Crippen molar-refractivity contribution in [2.24, 2.45) is 10.9 Å². The second-order valence-corrected chi connectivity index (χ2v) is 7.73. The molecule has 1 amide bonds. The molecular formula is C24H31FN4O2. The van der Waals surface area contributed by atoms with E-state index in [0.717, 1.165) is 50.6 Å². The first-order valence-corrected chi connectivity index (χ1v) is 10.8. The lowest BCUT2D eigenvalue weighted by Crippen LogP contribution is -2.46. The smallest absolute Gasteiger partial charge is 0.220 e. The lowest BCUT2D eigenvalue weighted by atomic mass is 9.93. The van der Waals surface area contributed by atoms with Crippen LogP contribution in [0.3, 0.4) is 0 Å². The van der Waals surface area contributed by atoms with Gasteiger partial charge in [-0.25, -0.2) is 4.39 Å². The molecule has 0 saturated carbocycles. The van der Waals surface area contributed by atoms with Crippen LogP contribution in [0.15, 0.2) is 53.5 Å². The highest BCUT2D eigenvalue weighted by Crippen LogP contribution is 2.22. The molecule has 1 aliphatic rings. The van der Waals surface area contributed by atoms with Crippen LogP contribution < -0.4 is 15.4 Å². The fourth-order valence-corrected chi connectivity index (χ4v) is 3.73. The Morgan fingerprint density at radius 2 is 1.71 bits per heavy atom. The normalized spacial score (nSPS) is 14.9. The van der Waals surface area contributed by atoms with E-state index in [2.05, 4.69) is 20.5 Å². The zero-order valence-corrected chi connectivity index (χ0v) is 18.2. The summed E-state index contributed by atoms with van der Waals surface area (Å²) in [6.07, 6.45) is 3.48. The number of nitrogens with one attached hydrogen (secondary N) is 2. The molecule has 0 aromatic heterocycles. The van der Waals surface area contributed by atoms with Crippen LogP contribution in [0.1, 0.15) is 24.8 Å². The first kappa shape index (κ1) is 22.6. The molecule has 0 atom stereocenters. The van der Waals surface area contributed by atoms with Gasteiger partial charge in [0.15, 0.2) is 5.96 Å². The third kappa shape index (κ3) is 6.98. The van der Waals surface area contributed by atoms with Gasteiger partial charge in [0.05, 0.1) is 0 Å². The average Bonchev–Trinajstić information content (AvgIpc) is 2.80. The highest BCUT2D eigenvalue weighted by atomic mass is 19.1. The summed E-state index contributed by atoms with van der Waals surface area (Å²) in [5.74, 6) is 2.53. The van der Waals surface area contributed by atoms with Gasteiger partial charge in [0.1, 0.15) is 17.3 Å². The maximum atomic E-state index is 13.0. The maximum Gasteiger partial charge on any atom is 0.220 e. The average molecular weight is 427 g/mol. The Morgan fingerprint density at radius 3 is 2.29 bits per heavy atom. The van der Waals surface area contributed by atoms with Crippen molar-refractivity contribution in [3.8, 4) is 11.5 Å². The molecule has 0 radical (unpaired) electrons. The summed E-state index contributed by atoms with van der Waals surface area (Å²) in [4.78, 5) is 18.3. The fraction of sp³-hybridized carbons (Fsp3) is 0.417. The lowest BCUT2D eigenvalue weighted by molar-refractivity contribution is -0.121. The number of carbonyl (C=O) groups excluding carboxylic acids is 1. The van der Waals surface area contributed by atoms with Crippen LogP contribution in [0.5, 0.6) is 11.5 Å². The van der Waals surface area contributed by atoms with Crippen molar-refractivity contribution < 1.29 is 13.9 Å². The molecule has 1 aliphatic heterocycles. The first-order valence-electron chi connectivity index (χ1n) is 10.8. The van der Waals surface area contributed by atoms with Crippen LogP contribution in [0.4, 0.5) is 4.39 Å². The molecule has 0 bridgehead atoms. The number of amides is 1. The summed E-state index contributed by atoms with van der Waals surface area (Å²) < 4.78 is 18.7. The standard InChI is InChI=1S/C24H31FN4O2/c1-26-23(30)17-19-12-15-29(16-13-19)24(27-2)28-14-11-18-3-7-21(8-4-18)31-22-9-5-20(25)6-10-22/h3-10,19H,11-17H2,1-2H3,(H,26,30)(H,27,28). The van der Waals surface area contributed by atoms with E-state index in [9.17, 15) is 9.18 Å². The number of halogens is 1. The van der Waals surface area contributed by atoms with Gasteiger partial charge in [-0.2, -0.15) is 0 Å². The monoisotopic (exact) mass is 426 g/mol. The predicted molar refractivity (Wildman–Crippen MR) is 121 cm³/mol. The molecule has 2 N–H and O–H groups in total. The van der Waals surface area contributed by atoms with Crippen molar-refractivity contribution in [3.63, 3.8) is 0 Å². The quantitative estimate of drug-likeness (QED) is 0.525. The largest absolute Gasteiger partial charge is 0.457 e. The van der Waals surface area contributed by atoms with E-state index in [1.807, 2.05) is 24.3 Å². The molecule has 1 heterocycles. The number of hydrogen-bond acceptors (Lipinski definition) is 3. The number of likely N-dealkylation sites (tertiary alicyclic amines) is 1. The third-order valence-electron chi connectivity index (χ3n) is 5.55. The Hall–Kier alpha value is -3.09. The van der Waals surface area contributed by atoms with E-state index in [-0.39, 0.29) is 11.7 Å². The van der Waals surface area contributed by atoms with E-state index < -0.39 is 0 Å². The maximum absolute atomic E-state index is 13.0. The van der Waals surface area contributed by atoms with Crippen molar-refractivity contribution >= 4 is 11.9 Å². The van der Waals surface area contributed by atoms with Crippen LogP contribution in [-0.2, 0) is 11.2 Å². The van der Waals surface area contributed by atoms with Crippen LogP contribution in [-0.4, -0.2) is 50.5 Å². The van der Waals surface area contributed by atoms with Crippen molar-refractivity contribution in [2.75, 3.05) is 33.7 Å². The van der Waals surface area contributed by atoms with Crippen molar-refractivity contribution in [3.05, 3.63) is 59.9 Å². The zero-order valence-electron chi connectivity index (χ0n) is 18.2. The van der Waals surface area contributed by atoms with Crippen molar-refractivity contribution in [1.82, 2.24) is 15.5 Å². The van der Waals surface area contributed by atoms with E-state index in [1.54, 1.807) is 26.2 Å². The van der Waals surface area contributed by atoms with E-state index in [1.165, 1.54) is 17.7 Å². The van der Waals surface area contributed by atoms with Crippen LogP contribution in [0.2, 0.25) is 0 Å². The molecule has 6 nitrogen and oxygen atoms in total. The first-order chi connectivity index (χ1) is 15.1. The van der Waals surface area contributed by atoms with Crippen LogP contribution >= 0.6 is 0 Å². The highest BCUT2D eigenvalue weighted by Gasteiger charge is 2.22. The molecule has 0 spiro atoms. The van der Waals surface area contributed by atoms with E-state index in [0.29, 0.717) is 18.1 Å². The molecule has 2 aromatic carbocycles. The molecule has 2 aromatic rings. The van der Waals surface area contributed by atoms with E-state index >= 15 is 0 Å². The Kier molecular flexibility index (Phi) is 8.27. The van der Waals surface area contributed by atoms with Gasteiger partial charge in [-0.3, -0.25) is 9.79 Å². The molecular weight excluding hydrogens is 395 g/mol. The Bertz CT molecular complexity index is 860. The number of carbonyl (C=O) groups is 1. The lowest BCUT2D eigenvalue weighted by Gasteiger charge is -2.34. The van der Waals surface area contributed by atoms with Crippen molar-refractivity contribution in [1.29, 1.82) is 0 Å². The number of benzene rings is 2. The number of piperidine rings is 1. The van der Waals surface area contributed by atoms with E-state index in [4.69, 9.17) is 4.74 Å². The molecule has 166 valence electrons. The zero-order chi connectivity index (χ0) is 22.1. The van der Waals surface area contributed by atoms with Gasteiger partial charge in [-0.1, -0.05) is 12.1 Å². The molecule has 31 heavy (non-hydrogen) atoms. The van der Waals surface area contributed by atoms with Gasteiger partial charge in [-0.05, 0) is 67.1 Å². The fourth-order valence-electron chi connectivity index (χ4n) is 3.73. The van der Waals surface area contributed by atoms with Gasteiger partial charge in [-0.15, -0.1) is 0 Å². The van der Waals surface area contributed by atoms with Crippen LogP contribution in [0.25, 0.3) is 0 Å². The number of nitrogens with zero attached hydrogens (tertiary/aromatic N) is 2. The Balaban J connectivity index is 1.41. The van der Waals surface area contributed by atoms with Gasteiger partial charge in [0, 0.05) is 40.2 Å². The topological polar surface area (TPSA) is 66.0 Å². The summed E-state index contributed by atoms with van der Waals surface area (Å²) in [6, 6.07) is 13.9. The van der Waals surface area contributed by atoms with Crippen molar-refractivity contribution in [2.45, 2.75) is 25.7 Å². The third-order valence-corrected chi connectivity index (χ3v) is 5.55. The summed E-state index contributed by atoms with van der Waals surface area (Å²) in [5, 5.41) is 6.15. The molecule has 1 saturated heterocycles. The van der Waals surface area contributed by atoms with Gasteiger partial charge >= 0.3 is 0 Å². The predicted octanol–water partition coefficient (Wildman–Crippen LogP) is 3.58. The molecule has 0 unspecified atom stereocenters. The van der Waals surface area contributed by atoms with Gasteiger partial charge in [0.25, 0.3) is 0 Å². The minimum Gasteiger partial charge on any atom is -0.457 e. The number of aliphatic imine (C=N–C) groups is 1. The number of hydrogen-bond donors (Lipinski definition) is 2. The molecule has 7 heteroatoms. The summed E-state index contributed by atoms with van der Waals surface area (Å²) in [6.45, 7) is 2.61. The molecule has 0 aliphatic carbocycles. The molecule has 3 rings (SSSR count). The Labute approximate surface area is 183 Å². The second kappa shape index (κ2) is 11.3. The van der Waals surface area contributed by atoms with Crippen LogP contribution in [0, 0.1) is 11.7 Å². The summed E-state index contributed by atoms with van der Waals surface area (Å²) in [5.41, 5.74) is 1.19. The molecule has 1 fully saturated rings. The number of rotatable bonds is 7.